The Labute approximate surface area is 200 Å². The Balaban J connectivity index is 1.53. The van der Waals surface area contributed by atoms with Crippen molar-refractivity contribution in [2.45, 2.75) is 19.9 Å². The van der Waals surface area contributed by atoms with Crippen molar-refractivity contribution in [1.29, 1.82) is 0 Å². The molecule has 2 aromatic carbocycles. The van der Waals surface area contributed by atoms with Gasteiger partial charge in [-0.25, -0.2) is 9.59 Å². The van der Waals surface area contributed by atoms with E-state index in [1.165, 1.54) is 18.4 Å². The van der Waals surface area contributed by atoms with E-state index in [2.05, 4.69) is 51.6 Å². The average molecular weight is 465 g/mol. The molecule has 0 bridgehead atoms. The summed E-state index contributed by atoms with van der Waals surface area (Å²) < 4.78 is 10.6. The topological polar surface area (TPSA) is 83.1 Å². The van der Waals surface area contributed by atoms with Crippen LogP contribution in [-0.4, -0.2) is 63.3 Å². The number of hydrogen-bond acceptors (Lipinski definition) is 6. The Kier molecular flexibility index (Phi) is 7.37. The van der Waals surface area contributed by atoms with E-state index in [4.69, 9.17) is 9.47 Å². The van der Waals surface area contributed by atoms with Gasteiger partial charge < -0.3 is 25.0 Å². The summed E-state index contributed by atoms with van der Waals surface area (Å²) in [6.07, 6.45) is 0. The first-order valence-electron chi connectivity index (χ1n) is 11.6. The van der Waals surface area contributed by atoms with E-state index in [1.54, 1.807) is 0 Å². The van der Waals surface area contributed by atoms with Gasteiger partial charge in [0.1, 0.15) is 5.75 Å². The number of hydrogen-bond donors (Lipinski definition) is 2. The number of aryl methyl sites for hydroxylation is 1. The van der Waals surface area contributed by atoms with Crippen LogP contribution in [0, 0.1) is 6.92 Å². The average Bonchev–Trinajstić information content (AvgIpc) is 2.84. The Morgan fingerprint density at radius 1 is 1.09 bits per heavy atom. The van der Waals surface area contributed by atoms with Crippen molar-refractivity contribution in [3.63, 3.8) is 0 Å². The molecule has 34 heavy (non-hydrogen) atoms. The first-order chi connectivity index (χ1) is 16.5. The monoisotopic (exact) mass is 464 g/mol. The van der Waals surface area contributed by atoms with Gasteiger partial charge in [-0.05, 0) is 49.2 Å². The highest BCUT2D eigenvalue weighted by Gasteiger charge is 2.34. The van der Waals surface area contributed by atoms with Gasteiger partial charge in [0.05, 0.1) is 25.3 Å². The Hall–Kier alpha value is -3.52. The molecule has 1 saturated heterocycles. The van der Waals surface area contributed by atoms with Crippen molar-refractivity contribution in [3.05, 3.63) is 70.9 Å². The molecule has 2 aliphatic rings. The van der Waals surface area contributed by atoms with Gasteiger partial charge in [0.15, 0.2) is 0 Å². The van der Waals surface area contributed by atoms with Crippen LogP contribution >= 0.6 is 0 Å². The normalized spacial score (nSPS) is 18.9. The minimum Gasteiger partial charge on any atom is -0.494 e. The van der Waals surface area contributed by atoms with Crippen LogP contribution in [0.3, 0.4) is 0 Å². The zero-order chi connectivity index (χ0) is 24.1. The van der Waals surface area contributed by atoms with Crippen molar-refractivity contribution in [1.82, 2.24) is 15.5 Å². The number of piperazine rings is 1. The second-order valence-corrected chi connectivity index (χ2v) is 8.52. The summed E-state index contributed by atoms with van der Waals surface area (Å²) in [6, 6.07) is 15.0. The molecular formula is C26H32N4O4. The molecule has 2 heterocycles. The van der Waals surface area contributed by atoms with Crippen LogP contribution < -0.4 is 20.3 Å². The molecule has 2 aromatic rings. The first-order valence-corrected chi connectivity index (χ1v) is 11.6. The molecule has 8 nitrogen and oxygen atoms in total. The Morgan fingerprint density at radius 3 is 2.47 bits per heavy atom. The van der Waals surface area contributed by atoms with E-state index in [-0.39, 0.29) is 6.03 Å². The van der Waals surface area contributed by atoms with Crippen molar-refractivity contribution < 1.29 is 19.1 Å². The molecule has 1 atom stereocenters. The fourth-order valence-corrected chi connectivity index (χ4v) is 4.48. The molecule has 8 heteroatoms. The van der Waals surface area contributed by atoms with Crippen LogP contribution in [-0.2, 0) is 9.53 Å². The molecule has 2 amide bonds. The highest BCUT2D eigenvalue weighted by molar-refractivity contribution is 5.95. The molecular weight excluding hydrogens is 432 g/mol. The van der Waals surface area contributed by atoms with Crippen LogP contribution in [0.5, 0.6) is 5.75 Å². The molecule has 0 spiro atoms. The predicted octanol–water partition coefficient (Wildman–Crippen LogP) is 3.00. The summed E-state index contributed by atoms with van der Waals surface area (Å²) in [5.74, 6) is 0.279. The van der Waals surface area contributed by atoms with Crippen molar-refractivity contribution in [3.8, 4) is 5.75 Å². The van der Waals surface area contributed by atoms with Crippen LogP contribution in [0.1, 0.15) is 24.1 Å². The Morgan fingerprint density at radius 2 is 1.82 bits per heavy atom. The molecule has 2 aliphatic heterocycles. The maximum atomic E-state index is 12.8. The molecule has 4 rings (SSSR count). The third kappa shape index (κ3) is 5.34. The summed E-state index contributed by atoms with van der Waals surface area (Å²) in [5.41, 5.74) is 4.26. The number of rotatable bonds is 7. The van der Waals surface area contributed by atoms with E-state index in [9.17, 15) is 9.59 Å². The van der Waals surface area contributed by atoms with Crippen molar-refractivity contribution in [2.24, 2.45) is 0 Å². The maximum absolute atomic E-state index is 12.8. The third-order valence-corrected chi connectivity index (χ3v) is 6.20. The largest absolute Gasteiger partial charge is 0.494 e. The van der Waals surface area contributed by atoms with Crippen molar-refractivity contribution in [2.75, 3.05) is 51.3 Å². The first kappa shape index (κ1) is 23.6. The van der Waals surface area contributed by atoms with Crippen molar-refractivity contribution >= 4 is 17.7 Å². The standard InChI is InChI=1S/C26H32N4O4/c1-4-34-21-10-8-19(9-11-21)24-23(25(31)33-3)22(27-26(32)28-24)17-29-12-14-30(15-13-29)20-7-5-6-18(2)16-20/h5-11,16,24H,4,12-15,17H2,1-3H3,(H2,27,28,32)/t24-/m0/s1. The fourth-order valence-electron chi connectivity index (χ4n) is 4.48. The van der Waals surface area contributed by atoms with E-state index >= 15 is 0 Å². The number of carbonyl (C=O) groups excluding carboxylic acids is 2. The summed E-state index contributed by atoms with van der Waals surface area (Å²) in [4.78, 5) is 30.0. The second-order valence-electron chi connectivity index (χ2n) is 8.52. The maximum Gasteiger partial charge on any atom is 0.338 e. The molecule has 1 fully saturated rings. The lowest BCUT2D eigenvalue weighted by atomic mass is 9.95. The summed E-state index contributed by atoms with van der Waals surface area (Å²) in [7, 11) is 1.36. The van der Waals surface area contributed by atoms with Crippen LogP contribution in [0.25, 0.3) is 0 Å². The van der Waals surface area contributed by atoms with Crippen LogP contribution in [0.4, 0.5) is 10.5 Å². The highest BCUT2D eigenvalue weighted by atomic mass is 16.5. The minimum absolute atomic E-state index is 0.333. The number of anilines is 1. The number of carbonyl (C=O) groups is 2. The molecule has 0 aliphatic carbocycles. The molecule has 0 radical (unpaired) electrons. The van der Waals surface area contributed by atoms with Gasteiger partial charge in [0.25, 0.3) is 0 Å². The van der Waals surface area contributed by atoms with Gasteiger partial charge >= 0.3 is 12.0 Å². The van der Waals surface area contributed by atoms with Gasteiger partial charge in [-0.1, -0.05) is 24.3 Å². The van der Waals surface area contributed by atoms with Gasteiger partial charge in [-0.3, -0.25) is 4.90 Å². The van der Waals surface area contributed by atoms with Crippen LogP contribution in [0.15, 0.2) is 59.8 Å². The number of ether oxygens (including phenoxy) is 2. The number of nitrogens with one attached hydrogen (secondary N) is 2. The number of amides is 2. The molecule has 0 aromatic heterocycles. The number of methoxy groups -OCH3 is 1. The number of urea groups is 1. The van der Waals surface area contributed by atoms with Gasteiger partial charge in [-0.2, -0.15) is 0 Å². The lowest BCUT2D eigenvalue weighted by molar-refractivity contribution is -0.136. The van der Waals surface area contributed by atoms with Gasteiger partial charge in [-0.15, -0.1) is 0 Å². The smallest absolute Gasteiger partial charge is 0.338 e. The number of esters is 1. The van der Waals surface area contributed by atoms with E-state index in [0.717, 1.165) is 37.5 Å². The lowest BCUT2D eigenvalue weighted by Crippen LogP contribution is -2.51. The highest BCUT2D eigenvalue weighted by Crippen LogP contribution is 2.29. The van der Waals surface area contributed by atoms with Gasteiger partial charge in [0.2, 0.25) is 0 Å². The van der Waals surface area contributed by atoms with E-state index < -0.39 is 12.0 Å². The molecule has 180 valence electrons. The lowest BCUT2D eigenvalue weighted by Gasteiger charge is -2.38. The second kappa shape index (κ2) is 10.6. The Bertz CT molecular complexity index is 1060. The quantitative estimate of drug-likeness (QED) is 0.613. The number of nitrogens with zero attached hydrogens (tertiary/aromatic N) is 2. The fraction of sp³-hybridized carbons (Fsp3) is 0.385. The zero-order valence-electron chi connectivity index (χ0n) is 20.0. The summed E-state index contributed by atoms with van der Waals surface area (Å²) in [5, 5.41) is 5.73. The van der Waals surface area contributed by atoms with Gasteiger partial charge in [0, 0.05) is 44.1 Å². The number of benzene rings is 2. The SMILES string of the molecule is CCOc1ccc([C@@H]2NC(=O)NC(CN3CCN(c4cccc(C)c4)CC3)=C2C(=O)OC)cc1. The van der Waals surface area contributed by atoms with E-state index in [0.29, 0.717) is 24.4 Å². The van der Waals surface area contributed by atoms with Crippen LogP contribution in [0.2, 0.25) is 0 Å². The molecule has 2 N–H and O–H groups in total. The predicted molar refractivity (Wildman–Crippen MR) is 131 cm³/mol. The third-order valence-electron chi connectivity index (χ3n) is 6.20. The zero-order valence-corrected chi connectivity index (χ0v) is 20.0. The molecule has 0 saturated carbocycles. The summed E-state index contributed by atoms with van der Waals surface area (Å²) in [6.45, 7) is 8.45. The summed E-state index contributed by atoms with van der Waals surface area (Å²) >= 11 is 0. The molecule has 0 unspecified atom stereocenters. The minimum atomic E-state index is -0.597. The van der Waals surface area contributed by atoms with E-state index in [1.807, 2.05) is 31.2 Å².